The molecule has 2 rings (SSSR count). The molecule has 0 spiro atoms. The van der Waals surface area contributed by atoms with Gasteiger partial charge >= 0.3 is 0 Å². The van der Waals surface area contributed by atoms with Crippen molar-refractivity contribution < 1.29 is 4.79 Å². The van der Waals surface area contributed by atoms with Gasteiger partial charge in [0, 0.05) is 18.8 Å². The molecule has 0 saturated carbocycles. The molecule has 2 aromatic rings. The summed E-state index contributed by atoms with van der Waals surface area (Å²) in [5.41, 5.74) is 4.90. The Balaban J connectivity index is 2.21. The van der Waals surface area contributed by atoms with Crippen LogP contribution in [0.5, 0.6) is 0 Å². The zero-order chi connectivity index (χ0) is 15.9. The highest BCUT2D eigenvalue weighted by Crippen LogP contribution is 2.25. The van der Waals surface area contributed by atoms with E-state index in [9.17, 15) is 4.79 Å². The molecule has 0 unspecified atom stereocenters. The van der Waals surface area contributed by atoms with Crippen molar-refractivity contribution in [1.82, 2.24) is 10.6 Å². The zero-order valence-corrected chi connectivity index (χ0v) is 13.4. The number of amides is 1. The Morgan fingerprint density at radius 2 is 1.68 bits per heavy atom. The van der Waals surface area contributed by atoms with Crippen LogP contribution in [-0.4, -0.2) is 26.0 Å². The van der Waals surface area contributed by atoms with E-state index in [0.717, 1.165) is 17.9 Å². The second-order valence-corrected chi connectivity index (χ2v) is 5.28. The van der Waals surface area contributed by atoms with E-state index >= 15 is 0 Å². The van der Waals surface area contributed by atoms with Gasteiger partial charge in [0.15, 0.2) is 0 Å². The van der Waals surface area contributed by atoms with Gasteiger partial charge in [-0.25, -0.2) is 0 Å². The molecule has 4 heteroatoms. The van der Waals surface area contributed by atoms with Crippen LogP contribution in [0.25, 0.3) is 0 Å². The monoisotopic (exact) mass is 297 g/mol. The Kier molecular flexibility index (Phi) is 5.55. The molecule has 116 valence electrons. The normalized spacial score (nSPS) is 10.3. The number of rotatable bonds is 6. The molecule has 0 bridgehead atoms. The molecule has 0 aliphatic carbocycles. The van der Waals surface area contributed by atoms with Crippen LogP contribution in [0.2, 0.25) is 0 Å². The van der Waals surface area contributed by atoms with Gasteiger partial charge in [-0.1, -0.05) is 24.3 Å². The zero-order valence-electron chi connectivity index (χ0n) is 13.4. The molecule has 0 fully saturated rings. The summed E-state index contributed by atoms with van der Waals surface area (Å²) in [5, 5.41) is 9.30. The third-order valence-corrected chi connectivity index (χ3v) is 3.71. The number of anilines is 2. The summed E-state index contributed by atoms with van der Waals surface area (Å²) in [4.78, 5) is 12.3. The summed E-state index contributed by atoms with van der Waals surface area (Å²) in [7, 11) is 1.86. The van der Waals surface area contributed by atoms with E-state index < -0.39 is 0 Å². The molecular weight excluding hydrogens is 274 g/mol. The lowest BCUT2D eigenvalue weighted by molar-refractivity contribution is 0.0955. The summed E-state index contributed by atoms with van der Waals surface area (Å²) < 4.78 is 0. The number of aryl methyl sites for hydroxylation is 1. The highest BCUT2D eigenvalue weighted by Gasteiger charge is 2.11. The van der Waals surface area contributed by atoms with Crippen molar-refractivity contribution in [2.24, 2.45) is 0 Å². The molecule has 1 amide bonds. The molecule has 0 aliphatic rings. The number of hydrogen-bond donors (Lipinski definition) is 3. The van der Waals surface area contributed by atoms with Gasteiger partial charge in [0.25, 0.3) is 5.91 Å². The molecule has 2 aromatic carbocycles. The minimum atomic E-state index is -0.0661. The summed E-state index contributed by atoms with van der Waals surface area (Å²) in [6, 6.07) is 13.7. The van der Waals surface area contributed by atoms with Crippen LogP contribution < -0.4 is 16.0 Å². The summed E-state index contributed by atoms with van der Waals surface area (Å²) in [5.74, 6) is -0.0661. The number of carbonyl (C=O) groups is 1. The smallest absolute Gasteiger partial charge is 0.253 e. The number of nitrogens with one attached hydrogen (secondary N) is 3. The largest absolute Gasteiger partial charge is 0.355 e. The van der Waals surface area contributed by atoms with Gasteiger partial charge in [-0.05, 0) is 50.2 Å². The number of likely N-dealkylation sites (N-methyl/N-ethyl adjacent to an activating group) is 1. The van der Waals surface area contributed by atoms with Gasteiger partial charge in [0.2, 0.25) is 0 Å². The molecule has 3 N–H and O–H groups in total. The lowest BCUT2D eigenvalue weighted by Crippen LogP contribution is -2.30. The Morgan fingerprint density at radius 3 is 2.45 bits per heavy atom. The van der Waals surface area contributed by atoms with Gasteiger partial charge in [-0.15, -0.1) is 0 Å². The SMILES string of the molecule is CNCCNC(=O)c1ccccc1Nc1cccc(C)c1C. The van der Waals surface area contributed by atoms with Gasteiger partial charge in [0.1, 0.15) is 0 Å². The first kappa shape index (κ1) is 16.0. The first-order valence-corrected chi connectivity index (χ1v) is 7.48. The van der Waals surface area contributed by atoms with Crippen LogP contribution in [0, 0.1) is 13.8 Å². The Morgan fingerprint density at radius 1 is 0.955 bits per heavy atom. The average Bonchev–Trinajstić information content (AvgIpc) is 2.52. The highest BCUT2D eigenvalue weighted by molar-refractivity contribution is 6.00. The van der Waals surface area contributed by atoms with Gasteiger partial charge in [-0.3, -0.25) is 4.79 Å². The quantitative estimate of drug-likeness (QED) is 0.718. The lowest BCUT2D eigenvalue weighted by atomic mass is 10.1. The van der Waals surface area contributed by atoms with Crippen molar-refractivity contribution in [3.05, 3.63) is 59.2 Å². The summed E-state index contributed by atoms with van der Waals surface area (Å²) >= 11 is 0. The van der Waals surface area contributed by atoms with Gasteiger partial charge < -0.3 is 16.0 Å². The minimum Gasteiger partial charge on any atom is -0.355 e. The van der Waals surface area contributed by atoms with Gasteiger partial charge in [-0.2, -0.15) is 0 Å². The van der Waals surface area contributed by atoms with E-state index in [2.05, 4.69) is 35.9 Å². The fourth-order valence-electron chi connectivity index (χ4n) is 2.22. The fraction of sp³-hybridized carbons (Fsp3) is 0.278. The molecule has 0 heterocycles. The van der Waals surface area contributed by atoms with Crippen LogP contribution in [0.3, 0.4) is 0 Å². The van der Waals surface area contributed by atoms with Crippen molar-refractivity contribution in [2.75, 3.05) is 25.5 Å². The van der Waals surface area contributed by atoms with Crippen LogP contribution >= 0.6 is 0 Å². The Bertz CT molecular complexity index is 653. The molecular formula is C18H23N3O. The maximum absolute atomic E-state index is 12.3. The van der Waals surface area contributed by atoms with Gasteiger partial charge in [0.05, 0.1) is 11.3 Å². The third-order valence-electron chi connectivity index (χ3n) is 3.71. The molecule has 4 nitrogen and oxygen atoms in total. The van der Waals surface area contributed by atoms with Crippen LogP contribution in [0.15, 0.2) is 42.5 Å². The van der Waals surface area contributed by atoms with E-state index in [1.54, 1.807) is 0 Å². The summed E-state index contributed by atoms with van der Waals surface area (Å²) in [6.07, 6.45) is 0. The van der Waals surface area contributed by atoms with Crippen molar-refractivity contribution in [2.45, 2.75) is 13.8 Å². The molecule has 0 aromatic heterocycles. The number of benzene rings is 2. The average molecular weight is 297 g/mol. The Hall–Kier alpha value is -2.33. The van der Waals surface area contributed by atoms with E-state index in [1.165, 1.54) is 11.1 Å². The molecule has 0 radical (unpaired) electrons. The number of hydrogen-bond acceptors (Lipinski definition) is 3. The minimum absolute atomic E-state index is 0.0661. The second kappa shape index (κ2) is 7.61. The standard InChI is InChI=1S/C18H23N3O/c1-13-7-6-10-16(14(13)2)21-17-9-5-4-8-15(17)18(22)20-12-11-19-3/h4-10,19,21H,11-12H2,1-3H3,(H,20,22). The third kappa shape index (κ3) is 3.86. The predicted molar refractivity (Wildman–Crippen MR) is 91.9 cm³/mol. The Labute approximate surface area is 131 Å². The first-order chi connectivity index (χ1) is 10.6. The second-order valence-electron chi connectivity index (χ2n) is 5.28. The fourth-order valence-corrected chi connectivity index (χ4v) is 2.22. The number of carbonyl (C=O) groups excluding carboxylic acids is 1. The van der Waals surface area contributed by atoms with Crippen molar-refractivity contribution in [3.63, 3.8) is 0 Å². The van der Waals surface area contributed by atoms with Crippen molar-refractivity contribution >= 4 is 17.3 Å². The predicted octanol–water partition coefficient (Wildman–Crippen LogP) is 3.00. The highest BCUT2D eigenvalue weighted by atomic mass is 16.1. The molecule has 22 heavy (non-hydrogen) atoms. The maximum Gasteiger partial charge on any atom is 0.253 e. The first-order valence-electron chi connectivity index (χ1n) is 7.48. The van der Waals surface area contributed by atoms with Crippen molar-refractivity contribution in [3.8, 4) is 0 Å². The number of para-hydroxylation sites is 1. The van der Waals surface area contributed by atoms with E-state index in [1.807, 2.05) is 43.4 Å². The van der Waals surface area contributed by atoms with E-state index in [4.69, 9.17) is 0 Å². The topological polar surface area (TPSA) is 53.2 Å². The van der Waals surface area contributed by atoms with Crippen LogP contribution in [0.1, 0.15) is 21.5 Å². The van der Waals surface area contributed by atoms with Crippen LogP contribution in [0.4, 0.5) is 11.4 Å². The maximum atomic E-state index is 12.3. The van der Waals surface area contributed by atoms with Crippen LogP contribution in [-0.2, 0) is 0 Å². The summed E-state index contributed by atoms with van der Waals surface area (Å²) in [6.45, 7) is 5.51. The van der Waals surface area contributed by atoms with Crippen molar-refractivity contribution in [1.29, 1.82) is 0 Å². The van der Waals surface area contributed by atoms with E-state index in [0.29, 0.717) is 12.1 Å². The lowest BCUT2D eigenvalue weighted by Gasteiger charge is -2.15. The molecule has 0 aliphatic heterocycles. The van der Waals surface area contributed by atoms with E-state index in [-0.39, 0.29) is 5.91 Å². The molecule has 0 saturated heterocycles. The molecule has 0 atom stereocenters.